The van der Waals surface area contributed by atoms with Crippen molar-refractivity contribution < 1.29 is 0 Å². The van der Waals surface area contributed by atoms with Gasteiger partial charge >= 0.3 is 0 Å². The summed E-state index contributed by atoms with van der Waals surface area (Å²) in [6, 6.07) is 6.55. The molecule has 0 heterocycles. The predicted octanol–water partition coefficient (Wildman–Crippen LogP) is 4.38. The van der Waals surface area contributed by atoms with Crippen LogP contribution in [0.5, 0.6) is 0 Å². The average molecular weight is 311 g/mol. The molecule has 20 heavy (non-hydrogen) atoms. The fourth-order valence-corrected chi connectivity index (χ4v) is 3.36. The Morgan fingerprint density at radius 1 is 1.40 bits per heavy atom. The van der Waals surface area contributed by atoms with Gasteiger partial charge in [0.05, 0.1) is 10.7 Å². The lowest BCUT2D eigenvalue weighted by Crippen LogP contribution is -2.36. The first-order chi connectivity index (χ1) is 9.49. The van der Waals surface area contributed by atoms with Crippen LogP contribution in [0.15, 0.2) is 18.2 Å². The molecule has 0 atom stereocenters. The van der Waals surface area contributed by atoms with Crippen LogP contribution in [0.3, 0.4) is 0 Å². The molecule has 2 N–H and O–H groups in total. The topological polar surface area (TPSA) is 29.3 Å². The number of nitrogens with zero attached hydrogens (tertiary/aromatic N) is 1. The Bertz CT molecular complexity index is 481. The molecule has 1 aromatic carbocycles. The third kappa shape index (κ3) is 3.64. The monoisotopic (exact) mass is 310 g/mol. The number of halogens is 1. The van der Waals surface area contributed by atoms with Crippen LogP contribution in [-0.2, 0) is 0 Å². The Morgan fingerprint density at radius 3 is 2.55 bits per heavy atom. The van der Waals surface area contributed by atoms with Crippen LogP contribution in [0.1, 0.15) is 45.1 Å². The number of thiocarbonyl (C=S) groups is 1. The van der Waals surface area contributed by atoms with Crippen LogP contribution in [-0.4, -0.2) is 17.6 Å². The van der Waals surface area contributed by atoms with Gasteiger partial charge in [-0.2, -0.15) is 0 Å². The van der Waals surface area contributed by atoms with E-state index < -0.39 is 0 Å². The van der Waals surface area contributed by atoms with Gasteiger partial charge in [-0.3, -0.25) is 0 Å². The Kier molecular flexibility index (Phi) is 5.28. The molecule has 0 amide bonds. The molecule has 0 bridgehead atoms. The first kappa shape index (κ1) is 15.6. The summed E-state index contributed by atoms with van der Waals surface area (Å²) in [6.07, 6.45) is 5.17. The molecule has 4 heteroatoms. The van der Waals surface area contributed by atoms with Crippen LogP contribution in [0, 0.1) is 5.92 Å². The molecule has 0 spiro atoms. The highest BCUT2D eigenvalue weighted by Gasteiger charge is 2.25. The van der Waals surface area contributed by atoms with E-state index in [9.17, 15) is 0 Å². The zero-order chi connectivity index (χ0) is 14.7. The van der Waals surface area contributed by atoms with Crippen molar-refractivity contribution in [3.63, 3.8) is 0 Å². The van der Waals surface area contributed by atoms with Gasteiger partial charge in [-0.25, -0.2) is 0 Å². The molecule has 1 saturated carbocycles. The lowest BCUT2D eigenvalue weighted by atomic mass is 10.1. The molecule has 0 saturated heterocycles. The molecule has 1 aliphatic carbocycles. The van der Waals surface area contributed by atoms with Gasteiger partial charge in [0.2, 0.25) is 0 Å². The highest BCUT2D eigenvalue weighted by Crippen LogP contribution is 2.34. The van der Waals surface area contributed by atoms with E-state index >= 15 is 0 Å². The van der Waals surface area contributed by atoms with Gasteiger partial charge < -0.3 is 10.6 Å². The maximum Gasteiger partial charge on any atom is 0.104 e. The molecule has 110 valence electrons. The number of rotatable bonds is 5. The summed E-state index contributed by atoms with van der Waals surface area (Å²) in [5, 5.41) is 0.753. The zero-order valence-corrected chi connectivity index (χ0v) is 13.8. The molecule has 0 unspecified atom stereocenters. The smallest absolute Gasteiger partial charge is 0.104 e. The predicted molar refractivity (Wildman–Crippen MR) is 91.8 cm³/mol. The van der Waals surface area contributed by atoms with E-state index in [-0.39, 0.29) is 0 Å². The van der Waals surface area contributed by atoms with Crippen molar-refractivity contribution in [1.29, 1.82) is 0 Å². The summed E-state index contributed by atoms with van der Waals surface area (Å²) in [7, 11) is 0. The van der Waals surface area contributed by atoms with E-state index in [0.717, 1.165) is 22.8 Å². The summed E-state index contributed by atoms with van der Waals surface area (Å²) >= 11 is 11.5. The van der Waals surface area contributed by atoms with E-state index in [1.54, 1.807) is 0 Å². The van der Waals surface area contributed by atoms with Crippen molar-refractivity contribution in [3.8, 4) is 0 Å². The molecule has 1 aliphatic rings. The van der Waals surface area contributed by atoms with Crippen molar-refractivity contribution in [2.24, 2.45) is 11.7 Å². The molecule has 2 rings (SSSR count). The van der Waals surface area contributed by atoms with E-state index in [4.69, 9.17) is 29.6 Å². The first-order valence-electron chi connectivity index (χ1n) is 7.35. The second-order valence-corrected chi connectivity index (χ2v) is 6.86. The molecule has 0 radical (unpaired) electrons. The van der Waals surface area contributed by atoms with E-state index in [0.29, 0.717) is 16.9 Å². The van der Waals surface area contributed by atoms with Crippen LogP contribution >= 0.6 is 23.8 Å². The maximum atomic E-state index is 6.47. The van der Waals surface area contributed by atoms with Crippen LogP contribution in [0.25, 0.3) is 0 Å². The largest absolute Gasteiger partial charge is 0.389 e. The SMILES string of the molecule is CC(C)CN(c1ccc(C(N)=S)cc1Cl)C1CCCC1. The van der Waals surface area contributed by atoms with E-state index in [2.05, 4.69) is 24.8 Å². The van der Waals surface area contributed by atoms with Crippen LogP contribution in [0.4, 0.5) is 5.69 Å². The molecule has 1 fully saturated rings. The quantitative estimate of drug-likeness (QED) is 0.818. The lowest BCUT2D eigenvalue weighted by Gasteiger charge is -2.33. The van der Waals surface area contributed by atoms with Gasteiger partial charge in [-0.15, -0.1) is 0 Å². The minimum atomic E-state index is 0.398. The third-order valence-electron chi connectivity index (χ3n) is 3.87. The number of nitrogens with two attached hydrogens (primary N) is 1. The van der Waals surface area contributed by atoms with Gasteiger partial charge in [-0.1, -0.05) is 50.5 Å². The van der Waals surface area contributed by atoms with Gasteiger partial charge in [0, 0.05) is 18.2 Å². The highest BCUT2D eigenvalue weighted by atomic mass is 35.5. The van der Waals surface area contributed by atoms with Crippen LogP contribution < -0.4 is 10.6 Å². The van der Waals surface area contributed by atoms with Crippen molar-refractivity contribution >= 4 is 34.5 Å². The first-order valence-corrected chi connectivity index (χ1v) is 8.13. The van der Waals surface area contributed by atoms with Gasteiger partial charge in [0.25, 0.3) is 0 Å². The van der Waals surface area contributed by atoms with Gasteiger partial charge in [0.1, 0.15) is 4.99 Å². The summed E-state index contributed by atoms with van der Waals surface area (Å²) in [5.74, 6) is 0.613. The minimum Gasteiger partial charge on any atom is -0.389 e. The standard InChI is InChI=1S/C16H23ClN2S/c1-11(2)10-19(13-5-3-4-6-13)15-8-7-12(16(18)20)9-14(15)17/h7-9,11,13H,3-6,10H2,1-2H3,(H2,18,20). The van der Waals surface area contributed by atoms with E-state index in [1.807, 2.05) is 12.1 Å². The lowest BCUT2D eigenvalue weighted by molar-refractivity contribution is 0.536. The number of hydrogen-bond donors (Lipinski definition) is 1. The number of benzene rings is 1. The maximum absolute atomic E-state index is 6.47. The molecular weight excluding hydrogens is 288 g/mol. The summed E-state index contributed by atoms with van der Waals surface area (Å²) in [6.45, 7) is 5.54. The second kappa shape index (κ2) is 6.77. The van der Waals surface area contributed by atoms with Crippen molar-refractivity contribution in [3.05, 3.63) is 28.8 Å². The highest BCUT2D eigenvalue weighted by molar-refractivity contribution is 7.80. The fraction of sp³-hybridized carbons (Fsp3) is 0.562. The van der Waals surface area contributed by atoms with E-state index in [1.165, 1.54) is 25.7 Å². The average Bonchev–Trinajstić information content (AvgIpc) is 2.89. The van der Waals surface area contributed by atoms with Crippen molar-refractivity contribution in [2.75, 3.05) is 11.4 Å². The number of hydrogen-bond acceptors (Lipinski definition) is 2. The molecule has 0 aromatic heterocycles. The second-order valence-electron chi connectivity index (χ2n) is 6.01. The van der Waals surface area contributed by atoms with Crippen LogP contribution in [0.2, 0.25) is 5.02 Å². The Labute approximate surface area is 132 Å². The molecular formula is C16H23ClN2S. The Balaban J connectivity index is 2.30. The third-order valence-corrected chi connectivity index (χ3v) is 4.41. The molecule has 0 aliphatic heterocycles. The number of anilines is 1. The minimum absolute atomic E-state index is 0.398. The van der Waals surface area contributed by atoms with Gasteiger partial charge in [0.15, 0.2) is 0 Å². The fourth-order valence-electron chi connectivity index (χ4n) is 2.95. The normalized spacial score (nSPS) is 15.8. The summed E-state index contributed by atoms with van der Waals surface area (Å²) in [5.41, 5.74) is 7.63. The van der Waals surface area contributed by atoms with Crippen molar-refractivity contribution in [1.82, 2.24) is 0 Å². The van der Waals surface area contributed by atoms with Crippen molar-refractivity contribution in [2.45, 2.75) is 45.6 Å². The van der Waals surface area contributed by atoms with Gasteiger partial charge in [-0.05, 0) is 37.0 Å². The zero-order valence-electron chi connectivity index (χ0n) is 12.2. The Morgan fingerprint density at radius 2 is 2.05 bits per heavy atom. The Hall–Kier alpha value is -0.800. The molecule has 2 nitrogen and oxygen atoms in total. The summed E-state index contributed by atoms with van der Waals surface area (Å²) in [4.78, 5) is 2.87. The summed E-state index contributed by atoms with van der Waals surface area (Å²) < 4.78 is 0. The molecule has 1 aromatic rings.